The molecule has 0 spiro atoms. The second-order valence-electron chi connectivity index (χ2n) is 6.54. The van der Waals surface area contributed by atoms with Gasteiger partial charge in [0, 0.05) is 23.5 Å². The number of carbonyl (C=O) groups excluding carboxylic acids is 1. The summed E-state index contributed by atoms with van der Waals surface area (Å²) in [6, 6.07) is 12.2. The maximum absolute atomic E-state index is 13.8. The molecular weight excluding hydrogens is 415 g/mol. The van der Waals surface area contributed by atoms with E-state index in [1.54, 1.807) is 11.0 Å². The lowest BCUT2D eigenvalue weighted by Gasteiger charge is -2.30. The van der Waals surface area contributed by atoms with Crippen LogP contribution in [0.2, 0.25) is 0 Å². The first-order valence-electron chi connectivity index (χ1n) is 8.81. The zero-order chi connectivity index (χ0) is 18.8. The highest BCUT2D eigenvalue weighted by Crippen LogP contribution is 2.30. The van der Waals surface area contributed by atoms with E-state index in [-0.39, 0.29) is 24.2 Å². The number of hydrogen-bond donors (Lipinski definition) is 0. The van der Waals surface area contributed by atoms with Gasteiger partial charge in [-0.3, -0.25) is 4.79 Å². The van der Waals surface area contributed by atoms with Gasteiger partial charge in [-0.2, -0.15) is 0 Å². The maximum atomic E-state index is 13.8. The fourth-order valence-electron chi connectivity index (χ4n) is 3.26. The third-order valence-corrected chi connectivity index (χ3v) is 5.25. The van der Waals surface area contributed by atoms with E-state index < -0.39 is 5.82 Å². The number of rotatable bonds is 4. The first-order valence-corrected chi connectivity index (χ1v) is 9.60. The highest BCUT2D eigenvalue weighted by atomic mass is 79.9. The van der Waals surface area contributed by atoms with E-state index in [0.717, 1.165) is 29.8 Å². The molecular formula is C20H18BrFN2O3. The molecule has 0 unspecified atom stereocenters. The van der Waals surface area contributed by atoms with Crippen molar-refractivity contribution in [2.75, 3.05) is 19.7 Å². The number of para-hydroxylation sites is 2. The van der Waals surface area contributed by atoms with E-state index in [0.29, 0.717) is 17.6 Å². The highest BCUT2D eigenvalue weighted by Gasteiger charge is 2.27. The summed E-state index contributed by atoms with van der Waals surface area (Å²) >= 11 is 3.19. The van der Waals surface area contributed by atoms with E-state index in [2.05, 4.69) is 20.9 Å². The van der Waals surface area contributed by atoms with Gasteiger partial charge in [-0.05, 0) is 43.2 Å². The third kappa shape index (κ3) is 3.98. The number of piperidine rings is 1. The minimum absolute atomic E-state index is 0.0768. The number of hydrogen-bond acceptors (Lipinski definition) is 4. The molecule has 0 saturated carbocycles. The number of likely N-dealkylation sites (tertiary alicyclic amines) is 1. The molecule has 2 aromatic carbocycles. The predicted molar refractivity (Wildman–Crippen MR) is 102 cm³/mol. The maximum Gasteiger partial charge on any atom is 0.260 e. The average molecular weight is 433 g/mol. The Labute approximate surface area is 164 Å². The summed E-state index contributed by atoms with van der Waals surface area (Å²) in [5.74, 6) is 0.371. The Kier molecular flexibility index (Phi) is 5.11. The van der Waals surface area contributed by atoms with Crippen molar-refractivity contribution in [2.24, 2.45) is 0 Å². The summed E-state index contributed by atoms with van der Waals surface area (Å²) in [4.78, 5) is 18.7. The van der Waals surface area contributed by atoms with Gasteiger partial charge < -0.3 is 14.1 Å². The predicted octanol–water partition coefficient (Wildman–Crippen LogP) is 4.51. The first-order chi connectivity index (χ1) is 13.1. The number of amides is 1. The molecule has 0 N–H and O–H groups in total. The molecule has 4 rings (SSSR count). The van der Waals surface area contributed by atoms with Crippen LogP contribution in [0.5, 0.6) is 5.75 Å². The van der Waals surface area contributed by atoms with Crippen molar-refractivity contribution in [1.82, 2.24) is 9.88 Å². The zero-order valence-electron chi connectivity index (χ0n) is 14.5. The van der Waals surface area contributed by atoms with Crippen molar-refractivity contribution in [3.05, 3.63) is 58.6 Å². The molecule has 1 aliphatic heterocycles. The fourth-order valence-corrected chi connectivity index (χ4v) is 3.60. The average Bonchev–Trinajstić information content (AvgIpc) is 3.11. The summed E-state index contributed by atoms with van der Waals surface area (Å²) in [5.41, 5.74) is 1.65. The van der Waals surface area contributed by atoms with Crippen molar-refractivity contribution < 1.29 is 18.3 Å². The third-order valence-electron chi connectivity index (χ3n) is 4.75. The van der Waals surface area contributed by atoms with Gasteiger partial charge in [0.1, 0.15) is 5.52 Å². The highest BCUT2D eigenvalue weighted by molar-refractivity contribution is 9.10. The van der Waals surface area contributed by atoms with Crippen molar-refractivity contribution in [1.29, 1.82) is 0 Å². The quantitative estimate of drug-likeness (QED) is 0.608. The van der Waals surface area contributed by atoms with Gasteiger partial charge in [-0.15, -0.1) is 0 Å². The molecule has 7 heteroatoms. The Morgan fingerprint density at radius 1 is 1.26 bits per heavy atom. The molecule has 2 heterocycles. The molecule has 1 amide bonds. The van der Waals surface area contributed by atoms with Gasteiger partial charge in [0.15, 0.2) is 29.6 Å². The normalized spacial score (nSPS) is 15.3. The van der Waals surface area contributed by atoms with Crippen LogP contribution in [0.4, 0.5) is 4.39 Å². The van der Waals surface area contributed by atoms with Gasteiger partial charge in [-0.1, -0.05) is 28.1 Å². The van der Waals surface area contributed by atoms with Crippen LogP contribution >= 0.6 is 15.9 Å². The molecule has 0 aliphatic carbocycles. The van der Waals surface area contributed by atoms with Gasteiger partial charge in [0.25, 0.3) is 5.91 Å². The monoisotopic (exact) mass is 432 g/mol. The van der Waals surface area contributed by atoms with Gasteiger partial charge in [0.2, 0.25) is 0 Å². The van der Waals surface area contributed by atoms with E-state index in [1.165, 1.54) is 12.1 Å². The van der Waals surface area contributed by atoms with E-state index >= 15 is 0 Å². The molecule has 0 bridgehead atoms. The number of halogens is 2. The summed E-state index contributed by atoms with van der Waals surface area (Å²) in [5, 5.41) is 0. The number of fused-ring (bicyclic) bond motifs is 1. The largest absolute Gasteiger partial charge is 0.481 e. The topological polar surface area (TPSA) is 55.6 Å². The fraction of sp³-hybridized carbons (Fsp3) is 0.300. The lowest BCUT2D eigenvalue weighted by molar-refractivity contribution is -0.134. The minimum Gasteiger partial charge on any atom is -0.481 e. The Hall–Kier alpha value is -2.41. The van der Waals surface area contributed by atoms with Crippen LogP contribution in [0.15, 0.2) is 51.4 Å². The minimum atomic E-state index is -0.494. The molecule has 27 heavy (non-hydrogen) atoms. The number of oxazole rings is 1. The number of ether oxygens (including phenoxy) is 1. The summed E-state index contributed by atoms with van der Waals surface area (Å²) in [6.45, 7) is 1.04. The Bertz CT molecular complexity index is 934. The van der Waals surface area contributed by atoms with Crippen LogP contribution < -0.4 is 4.74 Å². The molecule has 1 saturated heterocycles. The lowest BCUT2D eigenvalue weighted by Crippen LogP contribution is -2.40. The molecule has 0 atom stereocenters. The van der Waals surface area contributed by atoms with Crippen LogP contribution in [0.25, 0.3) is 11.1 Å². The summed E-state index contributed by atoms with van der Waals surface area (Å²) < 4.78 is 25.6. The molecule has 1 fully saturated rings. The number of benzene rings is 2. The van der Waals surface area contributed by atoms with Crippen molar-refractivity contribution in [3.8, 4) is 5.75 Å². The van der Waals surface area contributed by atoms with E-state index in [1.807, 2.05) is 24.3 Å². The smallest absolute Gasteiger partial charge is 0.260 e. The van der Waals surface area contributed by atoms with Crippen LogP contribution in [0.3, 0.4) is 0 Å². The number of carbonyl (C=O) groups is 1. The Morgan fingerprint density at radius 2 is 2.04 bits per heavy atom. The van der Waals surface area contributed by atoms with E-state index in [9.17, 15) is 9.18 Å². The molecule has 3 aromatic rings. The van der Waals surface area contributed by atoms with Crippen molar-refractivity contribution in [3.63, 3.8) is 0 Å². The number of aromatic nitrogens is 1. The SMILES string of the molecule is O=C(COc1ccc(Br)cc1F)N1CCC(c2nc3ccccc3o2)CC1. The van der Waals surface area contributed by atoms with Crippen LogP contribution in [-0.4, -0.2) is 35.5 Å². The molecule has 1 aliphatic rings. The van der Waals surface area contributed by atoms with Gasteiger partial charge >= 0.3 is 0 Å². The zero-order valence-corrected chi connectivity index (χ0v) is 16.1. The van der Waals surface area contributed by atoms with Gasteiger partial charge in [0.05, 0.1) is 0 Å². The van der Waals surface area contributed by atoms with Crippen LogP contribution in [0, 0.1) is 5.82 Å². The Morgan fingerprint density at radius 3 is 2.78 bits per heavy atom. The molecule has 1 aromatic heterocycles. The second-order valence-corrected chi connectivity index (χ2v) is 7.45. The van der Waals surface area contributed by atoms with Crippen LogP contribution in [-0.2, 0) is 4.79 Å². The second kappa shape index (κ2) is 7.68. The Balaban J connectivity index is 1.32. The lowest BCUT2D eigenvalue weighted by atomic mass is 9.97. The molecule has 5 nitrogen and oxygen atoms in total. The molecule has 0 radical (unpaired) electrons. The van der Waals surface area contributed by atoms with Crippen molar-refractivity contribution in [2.45, 2.75) is 18.8 Å². The summed E-state index contributed by atoms with van der Waals surface area (Å²) in [6.07, 6.45) is 1.57. The number of nitrogens with zero attached hydrogens (tertiary/aromatic N) is 2. The summed E-state index contributed by atoms with van der Waals surface area (Å²) in [7, 11) is 0. The standard InChI is InChI=1S/C20H18BrFN2O3/c21-14-5-6-17(15(22)11-14)26-12-19(25)24-9-7-13(8-10-24)20-23-16-3-1-2-4-18(16)27-20/h1-6,11,13H,7-10,12H2. The van der Waals surface area contributed by atoms with Gasteiger partial charge in [-0.25, -0.2) is 9.37 Å². The first kappa shape index (κ1) is 18.0. The van der Waals surface area contributed by atoms with Crippen LogP contribution in [0.1, 0.15) is 24.7 Å². The molecule has 140 valence electrons. The van der Waals surface area contributed by atoms with E-state index in [4.69, 9.17) is 9.15 Å². The van der Waals surface area contributed by atoms with Crippen molar-refractivity contribution >= 4 is 32.9 Å².